The molecule has 0 aromatic heterocycles. The summed E-state index contributed by atoms with van der Waals surface area (Å²) in [6.45, 7) is 5.35. The van der Waals surface area contributed by atoms with Gasteiger partial charge in [-0.15, -0.1) is 0 Å². The van der Waals surface area contributed by atoms with Crippen LogP contribution in [0.1, 0.15) is 32.4 Å². The molecule has 1 aromatic rings. The highest BCUT2D eigenvalue weighted by molar-refractivity contribution is 6.06. The summed E-state index contributed by atoms with van der Waals surface area (Å²) in [5.74, 6) is -0.250. The van der Waals surface area contributed by atoms with Gasteiger partial charge in [0.05, 0.1) is 0 Å². The molecule has 0 spiro atoms. The van der Waals surface area contributed by atoms with Crippen LogP contribution in [0.2, 0.25) is 0 Å². The summed E-state index contributed by atoms with van der Waals surface area (Å²) in [6, 6.07) is 7.13. The molecule has 1 aliphatic heterocycles. The molecule has 0 fully saturated rings. The zero-order valence-electron chi connectivity index (χ0n) is 10.2. The maximum atomic E-state index is 12.3. The minimum atomic E-state index is -0.536. The Labute approximate surface area is 101 Å². The fourth-order valence-corrected chi connectivity index (χ4v) is 2.22. The summed E-state index contributed by atoms with van der Waals surface area (Å²) in [6.07, 6.45) is 0. The topological polar surface area (TPSA) is 49.4 Å². The van der Waals surface area contributed by atoms with Gasteiger partial charge in [0.2, 0.25) is 5.91 Å². The van der Waals surface area contributed by atoms with Crippen molar-refractivity contribution >= 4 is 17.5 Å². The maximum Gasteiger partial charge on any atom is 0.254 e. The van der Waals surface area contributed by atoms with Gasteiger partial charge < -0.3 is 10.2 Å². The van der Waals surface area contributed by atoms with Gasteiger partial charge in [0, 0.05) is 24.2 Å². The van der Waals surface area contributed by atoms with E-state index < -0.39 is 6.04 Å². The van der Waals surface area contributed by atoms with Crippen molar-refractivity contribution in [3.8, 4) is 0 Å². The number of amides is 2. The molecule has 0 bridgehead atoms. The van der Waals surface area contributed by atoms with E-state index in [1.165, 1.54) is 6.92 Å². The predicted molar refractivity (Wildman–Crippen MR) is 65.6 cm³/mol. The third-order valence-electron chi connectivity index (χ3n) is 2.86. The molecule has 4 heteroatoms. The summed E-state index contributed by atoms with van der Waals surface area (Å²) >= 11 is 0. The molecule has 1 heterocycles. The number of nitrogens with one attached hydrogen (secondary N) is 1. The largest absolute Gasteiger partial charge is 0.341 e. The SMILES string of the molecule is CC(=O)NC1C(=O)N(C(C)C)c2ccccc21. The number of carbonyl (C=O) groups excluding carboxylic acids is 2. The van der Waals surface area contributed by atoms with E-state index >= 15 is 0 Å². The third-order valence-corrected chi connectivity index (χ3v) is 2.86. The summed E-state index contributed by atoms with van der Waals surface area (Å²) < 4.78 is 0. The first kappa shape index (κ1) is 11.6. The van der Waals surface area contributed by atoms with Crippen molar-refractivity contribution in [2.75, 3.05) is 4.90 Å². The van der Waals surface area contributed by atoms with Crippen molar-refractivity contribution in [3.63, 3.8) is 0 Å². The van der Waals surface area contributed by atoms with Crippen LogP contribution in [0.3, 0.4) is 0 Å². The molecule has 1 aliphatic rings. The van der Waals surface area contributed by atoms with Gasteiger partial charge in [-0.25, -0.2) is 0 Å². The number of rotatable bonds is 2. The minimum absolute atomic E-state index is 0.0589. The van der Waals surface area contributed by atoms with Gasteiger partial charge in [-0.2, -0.15) is 0 Å². The molecule has 1 aromatic carbocycles. The van der Waals surface area contributed by atoms with Crippen molar-refractivity contribution in [1.29, 1.82) is 0 Å². The Balaban J connectivity index is 2.45. The van der Waals surface area contributed by atoms with E-state index in [1.54, 1.807) is 4.90 Å². The summed E-state index contributed by atoms with van der Waals surface area (Å²) in [5.41, 5.74) is 1.77. The predicted octanol–water partition coefficient (Wildman–Crippen LogP) is 1.62. The Kier molecular flexibility index (Phi) is 2.88. The second kappa shape index (κ2) is 4.20. The van der Waals surface area contributed by atoms with E-state index in [0.717, 1.165) is 11.3 Å². The first-order chi connectivity index (χ1) is 8.02. The second-order valence-corrected chi connectivity index (χ2v) is 4.49. The Morgan fingerprint density at radius 1 is 1.35 bits per heavy atom. The van der Waals surface area contributed by atoms with Gasteiger partial charge in [0.25, 0.3) is 5.91 Å². The lowest BCUT2D eigenvalue weighted by molar-refractivity contribution is -0.126. The number of anilines is 1. The van der Waals surface area contributed by atoms with E-state index in [9.17, 15) is 9.59 Å². The minimum Gasteiger partial charge on any atom is -0.341 e. The van der Waals surface area contributed by atoms with E-state index in [2.05, 4.69) is 5.32 Å². The zero-order chi connectivity index (χ0) is 12.6. The van der Waals surface area contributed by atoms with Gasteiger partial charge in [0.1, 0.15) is 6.04 Å². The Morgan fingerprint density at radius 2 is 2.00 bits per heavy atom. The van der Waals surface area contributed by atoms with Gasteiger partial charge in [-0.1, -0.05) is 18.2 Å². The fraction of sp³-hybridized carbons (Fsp3) is 0.385. The van der Waals surface area contributed by atoms with Gasteiger partial charge >= 0.3 is 0 Å². The molecular formula is C13H16N2O2. The van der Waals surface area contributed by atoms with Gasteiger partial charge in [-0.05, 0) is 19.9 Å². The lowest BCUT2D eigenvalue weighted by Gasteiger charge is -2.22. The molecule has 0 saturated carbocycles. The summed E-state index contributed by atoms with van der Waals surface area (Å²) in [7, 11) is 0. The smallest absolute Gasteiger partial charge is 0.254 e. The van der Waals surface area contributed by atoms with Crippen LogP contribution in [0.25, 0.3) is 0 Å². The van der Waals surface area contributed by atoms with Crippen molar-refractivity contribution in [2.24, 2.45) is 0 Å². The lowest BCUT2D eigenvalue weighted by atomic mass is 10.1. The van der Waals surface area contributed by atoms with Crippen LogP contribution in [0, 0.1) is 0 Å². The highest BCUT2D eigenvalue weighted by Gasteiger charge is 2.38. The Morgan fingerprint density at radius 3 is 2.59 bits per heavy atom. The lowest BCUT2D eigenvalue weighted by Crippen LogP contribution is -2.39. The van der Waals surface area contributed by atoms with Crippen LogP contribution in [-0.2, 0) is 9.59 Å². The fourth-order valence-electron chi connectivity index (χ4n) is 2.22. The van der Waals surface area contributed by atoms with Gasteiger partial charge in [0.15, 0.2) is 0 Å². The molecule has 1 N–H and O–H groups in total. The highest BCUT2D eigenvalue weighted by atomic mass is 16.2. The first-order valence-corrected chi connectivity index (χ1v) is 5.71. The summed E-state index contributed by atoms with van der Waals surface area (Å²) in [5, 5.41) is 2.70. The normalized spacial score (nSPS) is 18.5. The van der Waals surface area contributed by atoms with Crippen LogP contribution >= 0.6 is 0 Å². The molecule has 0 radical (unpaired) electrons. The van der Waals surface area contributed by atoms with Gasteiger partial charge in [-0.3, -0.25) is 9.59 Å². The Bertz CT molecular complexity index is 468. The number of hydrogen-bond donors (Lipinski definition) is 1. The molecule has 1 unspecified atom stereocenters. The molecular weight excluding hydrogens is 216 g/mol. The molecule has 2 rings (SSSR count). The average Bonchev–Trinajstić information content (AvgIpc) is 2.52. The van der Waals surface area contributed by atoms with Crippen LogP contribution in [-0.4, -0.2) is 17.9 Å². The number of carbonyl (C=O) groups is 2. The van der Waals surface area contributed by atoms with Crippen LogP contribution in [0.15, 0.2) is 24.3 Å². The maximum absolute atomic E-state index is 12.3. The van der Waals surface area contributed by atoms with Crippen LogP contribution in [0.5, 0.6) is 0 Å². The molecule has 0 saturated heterocycles. The van der Waals surface area contributed by atoms with Crippen molar-refractivity contribution in [3.05, 3.63) is 29.8 Å². The monoisotopic (exact) mass is 232 g/mol. The molecule has 0 aliphatic carbocycles. The van der Waals surface area contributed by atoms with Crippen molar-refractivity contribution < 1.29 is 9.59 Å². The average molecular weight is 232 g/mol. The van der Waals surface area contributed by atoms with E-state index in [0.29, 0.717) is 0 Å². The van der Waals surface area contributed by atoms with Crippen LogP contribution < -0.4 is 10.2 Å². The number of fused-ring (bicyclic) bond motifs is 1. The highest BCUT2D eigenvalue weighted by Crippen LogP contribution is 2.36. The Hall–Kier alpha value is -1.84. The van der Waals surface area contributed by atoms with E-state index in [-0.39, 0.29) is 17.9 Å². The zero-order valence-corrected chi connectivity index (χ0v) is 10.2. The third kappa shape index (κ3) is 1.90. The quantitative estimate of drug-likeness (QED) is 0.842. The molecule has 2 amide bonds. The van der Waals surface area contributed by atoms with Crippen molar-refractivity contribution in [1.82, 2.24) is 5.32 Å². The first-order valence-electron chi connectivity index (χ1n) is 5.71. The number of benzene rings is 1. The number of nitrogens with zero attached hydrogens (tertiary/aromatic N) is 1. The number of para-hydroxylation sites is 1. The van der Waals surface area contributed by atoms with E-state index in [1.807, 2.05) is 38.1 Å². The standard InChI is InChI=1S/C13H16N2O2/c1-8(2)15-11-7-5-4-6-10(11)12(13(15)17)14-9(3)16/h4-8,12H,1-3H3,(H,14,16). The molecule has 1 atom stereocenters. The second-order valence-electron chi connectivity index (χ2n) is 4.49. The molecule has 4 nitrogen and oxygen atoms in total. The van der Waals surface area contributed by atoms with Crippen molar-refractivity contribution in [2.45, 2.75) is 32.9 Å². The number of hydrogen-bond acceptors (Lipinski definition) is 2. The van der Waals surface area contributed by atoms with E-state index in [4.69, 9.17) is 0 Å². The molecule has 90 valence electrons. The molecule has 17 heavy (non-hydrogen) atoms. The van der Waals surface area contributed by atoms with Crippen LogP contribution in [0.4, 0.5) is 5.69 Å². The summed E-state index contributed by atoms with van der Waals surface area (Å²) in [4.78, 5) is 25.1.